The molecule has 0 spiro atoms. The molecular formula is C15H23NO3. The molecule has 0 bridgehead atoms. The van der Waals surface area contributed by atoms with Gasteiger partial charge in [0.2, 0.25) is 0 Å². The lowest BCUT2D eigenvalue weighted by molar-refractivity contribution is -0.155. The summed E-state index contributed by atoms with van der Waals surface area (Å²) in [6, 6.07) is 7.22. The first-order valence-corrected chi connectivity index (χ1v) is 6.35. The number of anilines is 1. The van der Waals surface area contributed by atoms with Crippen LogP contribution in [0.15, 0.2) is 24.3 Å². The summed E-state index contributed by atoms with van der Waals surface area (Å²) in [5, 5.41) is 0. The standard InChI is InChI=1S/C15H23NO3/c1-11(14(17)19-15(2,3)4)16(5)12-9-7-8-10-13(12)18-6/h7-11H,1-6H3. The fourth-order valence-corrected chi connectivity index (χ4v) is 1.67. The van der Waals surface area contributed by atoms with Crippen molar-refractivity contribution in [3.05, 3.63) is 24.3 Å². The highest BCUT2D eigenvalue weighted by Gasteiger charge is 2.26. The van der Waals surface area contributed by atoms with Gasteiger partial charge in [0, 0.05) is 7.05 Å². The summed E-state index contributed by atoms with van der Waals surface area (Å²) < 4.78 is 10.7. The number of likely N-dealkylation sites (N-methyl/N-ethyl adjacent to an activating group) is 1. The van der Waals surface area contributed by atoms with Crippen LogP contribution in [0.4, 0.5) is 5.69 Å². The van der Waals surface area contributed by atoms with Gasteiger partial charge >= 0.3 is 5.97 Å². The molecule has 0 aliphatic heterocycles. The van der Waals surface area contributed by atoms with Gasteiger partial charge in [-0.2, -0.15) is 0 Å². The van der Waals surface area contributed by atoms with Crippen LogP contribution < -0.4 is 9.64 Å². The van der Waals surface area contributed by atoms with Crippen molar-refractivity contribution in [2.24, 2.45) is 0 Å². The van der Waals surface area contributed by atoms with Gasteiger partial charge < -0.3 is 14.4 Å². The molecule has 0 radical (unpaired) electrons. The fraction of sp³-hybridized carbons (Fsp3) is 0.533. The molecule has 1 aromatic rings. The van der Waals surface area contributed by atoms with E-state index in [1.54, 1.807) is 7.11 Å². The van der Waals surface area contributed by atoms with Crippen LogP contribution in [-0.2, 0) is 9.53 Å². The number of esters is 1. The summed E-state index contributed by atoms with van der Waals surface area (Å²) >= 11 is 0. The first-order chi connectivity index (χ1) is 8.76. The summed E-state index contributed by atoms with van der Waals surface area (Å²) in [6.07, 6.45) is 0. The number of carbonyl (C=O) groups is 1. The number of rotatable bonds is 4. The van der Waals surface area contributed by atoms with Gasteiger partial charge in [0.15, 0.2) is 0 Å². The topological polar surface area (TPSA) is 38.8 Å². The molecule has 0 N–H and O–H groups in total. The lowest BCUT2D eigenvalue weighted by Gasteiger charge is -2.29. The van der Waals surface area contributed by atoms with Crippen LogP contribution in [0.1, 0.15) is 27.7 Å². The SMILES string of the molecule is COc1ccccc1N(C)C(C)C(=O)OC(C)(C)C. The van der Waals surface area contributed by atoms with Gasteiger partial charge in [-0.3, -0.25) is 0 Å². The third-order valence-electron chi connectivity index (χ3n) is 2.79. The maximum atomic E-state index is 12.1. The average molecular weight is 265 g/mol. The van der Waals surface area contributed by atoms with Gasteiger partial charge in [-0.15, -0.1) is 0 Å². The molecule has 0 saturated heterocycles. The molecule has 106 valence electrons. The number of benzene rings is 1. The highest BCUT2D eigenvalue weighted by atomic mass is 16.6. The zero-order chi connectivity index (χ0) is 14.6. The van der Waals surface area contributed by atoms with E-state index in [0.717, 1.165) is 11.4 Å². The Morgan fingerprint density at radius 3 is 2.37 bits per heavy atom. The summed E-state index contributed by atoms with van der Waals surface area (Å²) in [4.78, 5) is 13.9. The molecule has 0 fully saturated rings. The summed E-state index contributed by atoms with van der Waals surface area (Å²) in [5.74, 6) is 0.487. The number of nitrogens with zero attached hydrogens (tertiary/aromatic N) is 1. The quantitative estimate of drug-likeness (QED) is 0.785. The minimum Gasteiger partial charge on any atom is -0.495 e. The van der Waals surface area contributed by atoms with E-state index in [-0.39, 0.29) is 12.0 Å². The Kier molecular flexibility index (Phi) is 4.81. The monoisotopic (exact) mass is 265 g/mol. The molecule has 4 heteroatoms. The molecule has 0 aromatic heterocycles. The van der Waals surface area contributed by atoms with E-state index in [1.807, 2.05) is 63.9 Å². The summed E-state index contributed by atoms with van der Waals surface area (Å²) in [5.41, 5.74) is 0.385. The van der Waals surface area contributed by atoms with E-state index >= 15 is 0 Å². The smallest absolute Gasteiger partial charge is 0.328 e. The number of methoxy groups -OCH3 is 1. The Hall–Kier alpha value is -1.71. The highest BCUT2D eigenvalue weighted by Crippen LogP contribution is 2.28. The molecule has 1 rings (SSSR count). The van der Waals surface area contributed by atoms with Gasteiger partial charge in [0.1, 0.15) is 17.4 Å². The van der Waals surface area contributed by atoms with Crippen LogP contribution >= 0.6 is 0 Å². The minimum atomic E-state index is -0.479. The van der Waals surface area contributed by atoms with Crippen molar-refractivity contribution in [3.63, 3.8) is 0 Å². The second-order valence-corrected chi connectivity index (χ2v) is 5.49. The van der Waals surface area contributed by atoms with E-state index in [4.69, 9.17) is 9.47 Å². The molecule has 4 nitrogen and oxygen atoms in total. The zero-order valence-corrected chi connectivity index (χ0v) is 12.6. The van der Waals surface area contributed by atoms with Gasteiger partial charge in [-0.05, 0) is 39.8 Å². The predicted octanol–water partition coefficient (Wildman–Crippen LogP) is 2.86. The Bertz CT molecular complexity index is 437. The summed E-state index contributed by atoms with van der Waals surface area (Å²) in [7, 11) is 3.47. The van der Waals surface area contributed by atoms with Crippen LogP contribution in [0.25, 0.3) is 0 Å². The zero-order valence-electron chi connectivity index (χ0n) is 12.6. The van der Waals surface area contributed by atoms with Crippen LogP contribution in [-0.4, -0.2) is 31.8 Å². The Balaban J connectivity index is 2.87. The molecule has 0 aliphatic rings. The van der Waals surface area contributed by atoms with E-state index in [0.29, 0.717) is 0 Å². The Labute approximate surface area is 115 Å². The second kappa shape index (κ2) is 5.95. The first kappa shape index (κ1) is 15.3. The maximum absolute atomic E-state index is 12.1. The van der Waals surface area contributed by atoms with Crippen molar-refractivity contribution < 1.29 is 14.3 Å². The number of hydrogen-bond acceptors (Lipinski definition) is 4. The van der Waals surface area contributed by atoms with Crippen molar-refractivity contribution in [2.45, 2.75) is 39.3 Å². The van der Waals surface area contributed by atoms with Crippen molar-refractivity contribution in [1.29, 1.82) is 0 Å². The lowest BCUT2D eigenvalue weighted by atomic mass is 10.2. The molecule has 0 saturated carbocycles. The minimum absolute atomic E-state index is 0.249. The number of para-hydroxylation sites is 2. The third-order valence-corrected chi connectivity index (χ3v) is 2.79. The van der Waals surface area contributed by atoms with Crippen LogP contribution in [0, 0.1) is 0 Å². The Morgan fingerprint density at radius 2 is 1.84 bits per heavy atom. The second-order valence-electron chi connectivity index (χ2n) is 5.49. The first-order valence-electron chi connectivity index (χ1n) is 6.35. The van der Waals surface area contributed by atoms with Crippen molar-refractivity contribution in [1.82, 2.24) is 0 Å². The molecule has 0 aliphatic carbocycles. The molecule has 1 aromatic carbocycles. The molecular weight excluding hydrogens is 242 g/mol. The highest BCUT2D eigenvalue weighted by molar-refractivity contribution is 5.80. The lowest BCUT2D eigenvalue weighted by Crippen LogP contribution is -2.40. The van der Waals surface area contributed by atoms with E-state index in [1.165, 1.54) is 0 Å². The van der Waals surface area contributed by atoms with Gasteiger partial charge in [0.25, 0.3) is 0 Å². The van der Waals surface area contributed by atoms with Gasteiger partial charge in [-0.1, -0.05) is 12.1 Å². The van der Waals surface area contributed by atoms with Crippen molar-refractivity contribution >= 4 is 11.7 Å². The molecule has 19 heavy (non-hydrogen) atoms. The Morgan fingerprint density at radius 1 is 1.26 bits per heavy atom. The number of ether oxygens (including phenoxy) is 2. The van der Waals surface area contributed by atoms with Crippen molar-refractivity contribution in [3.8, 4) is 5.75 Å². The molecule has 0 heterocycles. The largest absolute Gasteiger partial charge is 0.495 e. The third kappa shape index (κ3) is 4.16. The number of carbonyl (C=O) groups excluding carboxylic acids is 1. The normalized spacial score (nSPS) is 12.7. The maximum Gasteiger partial charge on any atom is 0.328 e. The molecule has 0 amide bonds. The average Bonchev–Trinajstić information content (AvgIpc) is 2.34. The van der Waals surface area contributed by atoms with E-state index in [2.05, 4.69) is 0 Å². The molecule has 1 unspecified atom stereocenters. The van der Waals surface area contributed by atoms with Crippen LogP contribution in [0.5, 0.6) is 5.75 Å². The van der Waals surface area contributed by atoms with Gasteiger partial charge in [0.05, 0.1) is 12.8 Å². The fourth-order valence-electron chi connectivity index (χ4n) is 1.67. The predicted molar refractivity (Wildman–Crippen MR) is 76.7 cm³/mol. The molecule has 1 atom stereocenters. The number of hydrogen-bond donors (Lipinski definition) is 0. The summed E-state index contributed by atoms with van der Waals surface area (Å²) in [6.45, 7) is 7.41. The van der Waals surface area contributed by atoms with Crippen LogP contribution in [0.2, 0.25) is 0 Å². The van der Waals surface area contributed by atoms with Gasteiger partial charge in [-0.25, -0.2) is 4.79 Å². The van der Waals surface area contributed by atoms with E-state index in [9.17, 15) is 4.79 Å². The van der Waals surface area contributed by atoms with E-state index < -0.39 is 5.60 Å². The van der Waals surface area contributed by atoms with Crippen LogP contribution in [0.3, 0.4) is 0 Å². The van der Waals surface area contributed by atoms with Crippen molar-refractivity contribution in [2.75, 3.05) is 19.1 Å².